The summed E-state index contributed by atoms with van der Waals surface area (Å²) in [5, 5.41) is 9.64. The average molecular weight is 278 g/mol. The molecule has 1 aromatic heterocycles. The van der Waals surface area contributed by atoms with Crippen LogP contribution >= 0.6 is 11.6 Å². The molecule has 0 saturated heterocycles. The van der Waals surface area contributed by atoms with Gasteiger partial charge in [-0.05, 0) is 50.1 Å². The van der Waals surface area contributed by atoms with E-state index < -0.39 is 5.97 Å². The summed E-state index contributed by atoms with van der Waals surface area (Å²) in [5.74, 6) is -0.817. The molecule has 0 saturated carbocycles. The van der Waals surface area contributed by atoms with Gasteiger partial charge in [-0.3, -0.25) is 4.79 Å². The number of carbonyl (C=O) groups is 1. The number of aromatic nitrogens is 1. The predicted molar refractivity (Wildman–Crippen MR) is 76.3 cm³/mol. The van der Waals surface area contributed by atoms with E-state index in [1.165, 1.54) is 0 Å². The Hall–Kier alpha value is -1.74. The molecule has 0 radical (unpaired) electrons. The van der Waals surface area contributed by atoms with Crippen LogP contribution in [0.25, 0.3) is 5.69 Å². The number of aliphatic carboxylic acids is 1. The summed E-state index contributed by atoms with van der Waals surface area (Å²) in [6, 6.07) is 7.67. The summed E-state index contributed by atoms with van der Waals surface area (Å²) < 4.78 is 2.06. The number of nitrogens with zero attached hydrogens (tertiary/aromatic N) is 1. The van der Waals surface area contributed by atoms with Crippen molar-refractivity contribution in [2.75, 3.05) is 0 Å². The molecule has 1 heterocycles. The maximum Gasteiger partial charge on any atom is 0.307 e. The minimum atomic E-state index is -0.817. The number of hydrogen-bond acceptors (Lipinski definition) is 1. The fraction of sp³-hybridized carbons (Fsp3) is 0.267. The van der Waals surface area contributed by atoms with E-state index >= 15 is 0 Å². The van der Waals surface area contributed by atoms with Crippen LogP contribution in [0.15, 0.2) is 24.3 Å². The second-order valence-corrected chi connectivity index (χ2v) is 5.09. The monoisotopic (exact) mass is 277 g/mol. The maximum absolute atomic E-state index is 10.9. The summed E-state index contributed by atoms with van der Waals surface area (Å²) in [5.41, 5.74) is 4.79. The molecule has 2 aromatic rings. The molecule has 0 bridgehead atoms. The summed E-state index contributed by atoms with van der Waals surface area (Å²) in [6.45, 7) is 5.87. The number of halogens is 1. The second kappa shape index (κ2) is 5.10. The van der Waals surface area contributed by atoms with Crippen LogP contribution < -0.4 is 0 Å². The normalized spacial score (nSPS) is 10.7. The van der Waals surface area contributed by atoms with Crippen LogP contribution in [-0.4, -0.2) is 15.6 Å². The van der Waals surface area contributed by atoms with Crippen LogP contribution in [-0.2, 0) is 11.2 Å². The fourth-order valence-electron chi connectivity index (χ4n) is 2.38. The molecule has 1 N–H and O–H groups in total. The van der Waals surface area contributed by atoms with Gasteiger partial charge in [-0.2, -0.15) is 0 Å². The SMILES string of the molecule is Cc1c(Cl)cccc1-n1c(C)cc(CC(=O)O)c1C. The van der Waals surface area contributed by atoms with E-state index in [4.69, 9.17) is 16.7 Å². The fourth-order valence-corrected chi connectivity index (χ4v) is 2.55. The van der Waals surface area contributed by atoms with Crippen molar-refractivity contribution in [3.63, 3.8) is 0 Å². The van der Waals surface area contributed by atoms with Crippen molar-refractivity contribution in [1.82, 2.24) is 4.57 Å². The van der Waals surface area contributed by atoms with Crippen LogP contribution in [0.5, 0.6) is 0 Å². The molecule has 19 heavy (non-hydrogen) atoms. The number of hydrogen-bond donors (Lipinski definition) is 1. The molecule has 0 spiro atoms. The summed E-state index contributed by atoms with van der Waals surface area (Å²) in [7, 11) is 0. The lowest BCUT2D eigenvalue weighted by Crippen LogP contribution is -2.04. The Bertz CT molecular complexity index is 644. The van der Waals surface area contributed by atoms with Crippen molar-refractivity contribution >= 4 is 17.6 Å². The Kier molecular flexibility index (Phi) is 3.67. The average Bonchev–Trinajstić information content (AvgIpc) is 2.58. The van der Waals surface area contributed by atoms with Gasteiger partial charge >= 0.3 is 5.97 Å². The number of carboxylic acids is 1. The van der Waals surface area contributed by atoms with Crippen LogP contribution in [0.1, 0.15) is 22.5 Å². The van der Waals surface area contributed by atoms with Gasteiger partial charge in [-0.25, -0.2) is 0 Å². The molecule has 0 atom stereocenters. The molecule has 0 amide bonds. The van der Waals surface area contributed by atoms with E-state index in [1.807, 2.05) is 45.0 Å². The van der Waals surface area contributed by atoms with Crippen molar-refractivity contribution in [3.8, 4) is 5.69 Å². The molecular weight excluding hydrogens is 262 g/mol. The van der Waals surface area contributed by atoms with E-state index in [-0.39, 0.29) is 6.42 Å². The van der Waals surface area contributed by atoms with Crippen LogP contribution in [0, 0.1) is 20.8 Å². The van der Waals surface area contributed by atoms with Gasteiger partial charge in [0.15, 0.2) is 0 Å². The van der Waals surface area contributed by atoms with E-state index in [0.717, 1.165) is 28.2 Å². The lowest BCUT2D eigenvalue weighted by molar-refractivity contribution is -0.136. The molecule has 100 valence electrons. The smallest absolute Gasteiger partial charge is 0.307 e. The Morgan fingerprint density at radius 1 is 1.32 bits per heavy atom. The van der Waals surface area contributed by atoms with Gasteiger partial charge in [-0.1, -0.05) is 17.7 Å². The van der Waals surface area contributed by atoms with Gasteiger partial charge in [0.25, 0.3) is 0 Å². The molecular formula is C15H16ClNO2. The van der Waals surface area contributed by atoms with Gasteiger partial charge in [-0.15, -0.1) is 0 Å². The van der Waals surface area contributed by atoms with E-state index in [1.54, 1.807) is 0 Å². The molecule has 0 fully saturated rings. The van der Waals surface area contributed by atoms with Crippen LogP contribution in [0.3, 0.4) is 0 Å². The summed E-state index contributed by atoms with van der Waals surface area (Å²) in [4.78, 5) is 10.9. The third-order valence-electron chi connectivity index (χ3n) is 3.36. The Labute approximate surface area is 117 Å². The van der Waals surface area contributed by atoms with E-state index in [9.17, 15) is 4.79 Å². The Morgan fingerprint density at radius 3 is 2.63 bits per heavy atom. The third kappa shape index (κ3) is 2.51. The van der Waals surface area contributed by atoms with Crippen molar-refractivity contribution < 1.29 is 9.90 Å². The number of rotatable bonds is 3. The van der Waals surface area contributed by atoms with Gasteiger partial charge in [0.1, 0.15) is 0 Å². The zero-order chi connectivity index (χ0) is 14.2. The lowest BCUT2D eigenvalue weighted by Gasteiger charge is -2.13. The molecule has 2 rings (SSSR count). The molecule has 1 aromatic carbocycles. The zero-order valence-electron chi connectivity index (χ0n) is 11.2. The quantitative estimate of drug-likeness (QED) is 0.930. The molecule has 0 unspecified atom stereocenters. The minimum absolute atomic E-state index is 0.0410. The maximum atomic E-state index is 10.9. The van der Waals surface area contributed by atoms with E-state index in [2.05, 4.69) is 4.57 Å². The standard InChI is InChI=1S/C15H16ClNO2/c1-9-7-12(8-15(18)19)11(3)17(9)14-6-4-5-13(16)10(14)2/h4-7H,8H2,1-3H3,(H,18,19). The van der Waals surface area contributed by atoms with Gasteiger partial charge < -0.3 is 9.67 Å². The topological polar surface area (TPSA) is 42.2 Å². The molecule has 0 aliphatic heterocycles. The van der Waals surface area contributed by atoms with Crippen molar-refractivity contribution in [1.29, 1.82) is 0 Å². The summed E-state index contributed by atoms with van der Waals surface area (Å²) in [6.07, 6.45) is 0.0410. The molecule has 0 aliphatic rings. The van der Waals surface area contributed by atoms with Crippen LogP contribution in [0.2, 0.25) is 5.02 Å². The highest BCUT2D eigenvalue weighted by Gasteiger charge is 2.14. The number of aryl methyl sites for hydroxylation is 1. The first-order chi connectivity index (χ1) is 8.91. The highest BCUT2D eigenvalue weighted by molar-refractivity contribution is 6.31. The van der Waals surface area contributed by atoms with E-state index in [0.29, 0.717) is 5.02 Å². The van der Waals surface area contributed by atoms with Crippen LogP contribution in [0.4, 0.5) is 0 Å². The first-order valence-corrected chi connectivity index (χ1v) is 6.44. The highest BCUT2D eigenvalue weighted by Crippen LogP contribution is 2.27. The van der Waals surface area contributed by atoms with Crippen molar-refractivity contribution in [2.24, 2.45) is 0 Å². The molecule has 3 nitrogen and oxygen atoms in total. The lowest BCUT2D eigenvalue weighted by atomic mass is 10.1. The van der Waals surface area contributed by atoms with Gasteiger partial charge in [0, 0.05) is 22.1 Å². The zero-order valence-corrected chi connectivity index (χ0v) is 12.0. The minimum Gasteiger partial charge on any atom is -0.481 e. The molecule has 0 aliphatic carbocycles. The Balaban J connectivity index is 2.60. The van der Waals surface area contributed by atoms with Gasteiger partial charge in [0.2, 0.25) is 0 Å². The molecule has 4 heteroatoms. The largest absolute Gasteiger partial charge is 0.481 e. The Morgan fingerprint density at radius 2 is 2.00 bits per heavy atom. The summed E-state index contributed by atoms with van der Waals surface area (Å²) >= 11 is 6.15. The first-order valence-electron chi connectivity index (χ1n) is 6.07. The first kappa shape index (κ1) is 13.7. The number of benzene rings is 1. The van der Waals surface area contributed by atoms with Crippen molar-refractivity contribution in [2.45, 2.75) is 27.2 Å². The number of carboxylic acid groups (broad SMARTS) is 1. The third-order valence-corrected chi connectivity index (χ3v) is 3.77. The highest BCUT2D eigenvalue weighted by atomic mass is 35.5. The van der Waals surface area contributed by atoms with Gasteiger partial charge in [0.05, 0.1) is 6.42 Å². The van der Waals surface area contributed by atoms with Crippen molar-refractivity contribution in [3.05, 3.63) is 51.8 Å². The second-order valence-electron chi connectivity index (χ2n) is 4.69. The predicted octanol–water partition coefficient (Wildman–Crippen LogP) is 3.68.